The Labute approximate surface area is 158 Å². The summed E-state index contributed by atoms with van der Waals surface area (Å²) in [6.07, 6.45) is -0.0664. The van der Waals surface area contributed by atoms with Gasteiger partial charge in [-0.3, -0.25) is 14.9 Å². The van der Waals surface area contributed by atoms with Crippen LogP contribution in [0.25, 0.3) is 0 Å². The van der Waals surface area contributed by atoms with Crippen molar-refractivity contribution >= 4 is 39.9 Å². The van der Waals surface area contributed by atoms with Gasteiger partial charge in [-0.25, -0.2) is 9.59 Å². The average Bonchev–Trinajstić information content (AvgIpc) is 2.96. The van der Waals surface area contributed by atoms with Crippen LogP contribution in [-0.4, -0.2) is 37.0 Å². The van der Waals surface area contributed by atoms with Crippen molar-refractivity contribution in [3.63, 3.8) is 0 Å². The number of hydrogen-bond acceptors (Lipinski definition) is 8. The molecule has 1 amide bonds. The van der Waals surface area contributed by atoms with E-state index in [4.69, 9.17) is 4.74 Å². The van der Waals surface area contributed by atoms with Crippen LogP contribution in [0.15, 0.2) is 24.3 Å². The standard InChI is InChI=1S/C17H16N2O7S/c1-9-13(16(21)25-2)15(27-14(9)17(22)26-3)18-12(20)8-10-4-6-11(7-5-10)19(23)24/h4-7H,8H2,1-3H3,(H,18,20). The Bertz CT molecular complexity index is 903. The van der Waals surface area contributed by atoms with E-state index in [0.29, 0.717) is 11.1 Å². The normalized spacial score (nSPS) is 10.2. The van der Waals surface area contributed by atoms with E-state index in [1.165, 1.54) is 38.5 Å². The number of nitro benzene ring substituents is 1. The summed E-state index contributed by atoms with van der Waals surface area (Å²) in [5.74, 6) is -1.77. The van der Waals surface area contributed by atoms with Crippen molar-refractivity contribution in [1.82, 2.24) is 0 Å². The highest BCUT2D eigenvalue weighted by atomic mass is 32.1. The third-order valence-electron chi connectivity index (χ3n) is 3.67. The molecule has 0 saturated carbocycles. The van der Waals surface area contributed by atoms with E-state index in [-0.39, 0.29) is 27.5 Å². The number of anilines is 1. The SMILES string of the molecule is COC(=O)c1sc(NC(=O)Cc2ccc([N+](=O)[O-])cc2)c(C(=O)OC)c1C. The van der Waals surface area contributed by atoms with E-state index < -0.39 is 22.8 Å². The van der Waals surface area contributed by atoms with Gasteiger partial charge in [-0.2, -0.15) is 0 Å². The van der Waals surface area contributed by atoms with Gasteiger partial charge < -0.3 is 14.8 Å². The van der Waals surface area contributed by atoms with Crippen LogP contribution in [0.2, 0.25) is 0 Å². The molecule has 0 spiro atoms. The molecule has 1 N–H and O–H groups in total. The van der Waals surface area contributed by atoms with Crippen LogP contribution in [0.5, 0.6) is 0 Å². The Kier molecular flexibility index (Phi) is 6.24. The molecule has 1 heterocycles. The number of rotatable bonds is 6. The molecule has 2 aromatic rings. The lowest BCUT2D eigenvalue weighted by molar-refractivity contribution is -0.384. The molecule has 0 saturated heterocycles. The number of hydrogen-bond donors (Lipinski definition) is 1. The maximum atomic E-state index is 12.3. The molecule has 0 aliphatic carbocycles. The van der Waals surface area contributed by atoms with Gasteiger partial charge in [0, 0.05) is 12.1 Å². The molecule has 2 rings (SSSR count). The fraction of sp³-hybridized carbons (Fsp3) is 0.235. The second-order valence-electron chi connectivity index (χ2n) is 5.39. The number of nitrogens with one attached hydrogen (secondary N) is 1. The summed E-state index contributed by atoms with van der Waals surface area (Å²) in [7, 11) is 2.41. The lowest BCUT2D eigenvalue weighted by Gasteiger charge is -2.06. The van der Waals surface area contributed by atoms with Crippen LogP contribution in [-0.2, 0) is 20.7 Å². The van der Waals surface area contributed by atoms with Crippen molar-refractivity contribution in [3.8, 4) is 0 Å². The van der Waals surface area contributed by atoms with Crippen molar-refractivity contribution in [2.24, 2.45) is 0 Å². The Morgan fingerprint density at radius 1 is 1.11 bits per heavy atom. The summed E-state index contributed by atoms with van der Waals surface area (Å²) in [5, 5.41) is 13.4. The van der Waals surface area contributed by atoms with E-state index >= 15 is 0 Å². The molecule has 0 aliphatic rings. The maximum absolute atomic E-state index is 12.3. The van der Waals surface area contributed by atoms with Crippen molar-refractivity contribution < 1.29 is 28.8 Å². The third-order valence-corrected chi connectivity index (χ3v) is 4.86. The molecule has 0 unspecified atom stereocenters. The zero-order valence-electron chi connectivity index (χ0n) is 14.7. The van der Waals surface area contributed by atoms with Crippen LogP contribution in [0.3, 0.4) is 0 Å². The number of nitro groups is 1. The molecule has 0 atom stereocenters. The maximum Gasteiger partial charge on any atom is 0.348 e. The van der Waals surface area contributed by atoms with E-state index in [2.05, 4.69) is 10.1 Å². The van der Waals surface area contributed by atoms with Crippen LogP contribution in [0.4, 0.5) is 10.7 Å². The smallest absolute Gasteiger partial charge is 0.348 e. The molecule has 27 heavy (non-hydrogen) atoms. The molecule has 0 radical (unpaired) electrons. The molecule has 9 nitrogen and oxygen atoms in total. The molecule has 142 valence electrons. The Morgan fingerprint density at radius 2 is 1.70 bits per heavy atom. The molecule has 0 fully saturated rings. The zero-order chi connectivity index (χ0) is 20.1. The number of non-ortho nitro benzene ring substituents is 1. The number of benzene rings is 1. The molecular weight excluding hydrogens is 376 g/mol. The summed E-state index contributed by atoms with van der Waals surface area (Å²) in [5.41, 5.74) is 0.909. The summed E-state index contributed by atoms with van der Waals surface area (Å²) in [6, 6.07) is 5.54. The molecule has 1 aromatic carbocycles. The number of ether oxygens (including phenoxy) is 2. The molecule has 0 bridgehead atoms. The fourth-order valence-corrected chi connectivity index (χ4v) is 3.46. The minimum absolute atomic E-state index is 0.0664. The van der Waals surface area contributed by atoms with Crippen molar-refractivity contribution in [1.29, 1.82) is 0 Å². The first-order valence-electron chi connectivity index (χ1n) is 7.61. The quantitative estimate of drug-likeness (QED) is 0.455. The van der Waals surface area contributed by atoms with Crippen LogP contribution < -0.4 is 5.32 Å². The van der Waals surface area contributed by atoms with Crippen molar-refractivity contribution in [2.45, 2.75) is 13.3 Å². The topological polar surface area (TPSA) is 125 Å². The number of carbonyl (C=O) groups excluding carboxylic acids is 3. The highest BCUT2D eigenvalue weighted by molar-refractivity contribution is 7.18. The average molecular weight is 392 g/mol. The number of thiophene rings is 1. The zero-order valence-corrected chi connectivity index (χ0v) is 15.5. The predicted octanol–water partition coefficient (Wildman–Crippen LogP) is 2.72. The van der Waals surface area contributed by atoms with Crippen LogP contribution in [0, 0.1) is 17.0 Å². The van der Waals surface area contributed by atoms with Crippen molar-refractivity contribution in [2.75, 3.05) is 19.5 Å². The van der Waals surface area contributed by atoms with Gasteiger partial charge in [0.15, 0.2) is 0 Å². The van der Waals surface area contributed by atoms with Crippen LogP contribution >= 0.6 is 11.3 Å². The number of carbonyl (C=O) groups is 3. The predicted molar refractivity (Wildman–Crippen MR) is 97.2 cm³/mol. The van der Waals surface area contributed by atoms with Crippen molar-refractivity contribution in [3.05, 3.63) is 55.9 Å². The van der Waals surface area contributed by atoms with Gasteiger partial charge >= 0.3 is 11.9 Å². The van der Waals surface area contributed by atoms with Gasteiger partial charge in [0.1, 0.15) is 9.88 Å². The number of methoxy groups -OCH3 is 2. The fourth-order valence-electron chi connectivity index (χ4n) is 2.33. The first kappa shape index (κ1) is 20.0. The first-order chi connectivity index (χ1) is 12.8. The highest BCUT2D eigenvalue weighted by Gasteiger charge is 2.26. The van der Waals surface area contributed by atoms with Gasteiger partial charge in [0.25, 0.3) is 5.69 Å². The molecular formula is C17H16N2O7S. The highest BCUT2D eigenvalue weighted by Crippen LogP contribution is 2.34. The minimum Gasteiger partial charge on any atom is -0.465 e. The summed E-state index contributed by atoms with van der Waals surface area (Å²) in [6.45, 7) is 1.56. The number of nitrogens with zero attached hydrogens (tertiary/aromatic N) is 1. The minimum atomic E-state index is -0.690. The third kappa shape index (κ3) is 4.47. The van der Waals surface area contributed by atoms with Gasteiger partial charge in [-0.15, -0.1) is 11.3 Å². The monoisotopic (exact) mass is 392 g/mol. The van der Waals surface area contributed by atoms with E-state index in [1.54, 1.807) is 6.92 Å². The second-order valence-corrected chi connectivity index (χ2v) is 6.41. The molecule has 10 heteroatoms. The van der Waals surface area contributed by atoms with Gasteiger partial charge in [0.05, 0.1) is 31.1 Å². The first-order valence-corrected chi connectivity index (χ1v) is 8.43. The largest absolute Gasteiger partial charge is 0.465 e. The second kappa shape index (κ2) is 8.41. The number of amides is 1. The Hall–Kier alpha value is -3.27. The Balaban J connectivity index is 2.24. The summed E-state index contributed by atoms with van der Waals surface area (Å²) in [4.78, 5) is 46.5. The molecule has 0 aliphatic heterocycles. The van der Waals surface area contributed by atoms with E-state index in [9.17, 15) is 24.5 Å². The lowest BCUT2D eigenvalue weighted by Crippen LogP contribution is -2.16. The van der Waals surface area contributed by atoms with Crippen LogP contribution in [0.1, 0.15) is 31.2 Å². The van der Waals surface area contributed by atoms with Gasteiger partial charge in [0.2, 0.25) is 5.91 Å². The van der Waals surface area contributed by atoms with E-state index in [0.717, 1.165) is 11.3 Å². The lowest BCUT2D eigenvalue weighted by atomic mass is 10.1. The summed E-state index contributed by atoms with van der Waals surface area (Å²) < 4.78 is 9.40. The number of esters is 2. The van der Waals surface area contributed by atoms with Gasteiger partial charge in [-0.1, -0.05) is 12.1 Å². The molecule has 1 aromatic heterocycles. The van der Waals surface area contributed by atoms with E-state index in [1.807, 2.05) is 0 Å². The Morgan fingerprint density at radius 3 is 2.22 bits per heavy atom. The summed E-state index contributed by atoms with van der Waals surface area (Å²) >= 11 is 0.911. The van der Waals surface area contributed by atoms with Gasteiger partial charge in [-0.05, 0) is 18.1 Å².